The number of benzene rings is 1. The summed E-state index contributed by atoms with van der Waals surface area (Å²) < 4.78 is 13.3. The predicted octanol–water partition coefficient (Wildman–Crippen LogP) is 1.92. The maximum absolute atomic E-state index is 13.3. The van der Waals surface area contributed by atoms with Crippen LogP contribution in [0.1, 0.15) is 13.8 Å². The third-order valence-electron chi connectivity index (χ3n) is 3.03. The monoisotopic (exact) mass is 253 g/mol. The van der Waals surface area contributed by atoms with E-state index in [1.165, 1.54) is 12.1 Å². The van der Waals surface area contributed by atoms with Gasteiger partial charge in [0.2, 0.25) is 0 Å². The molecule has 6 heteroatoms. The van der Waals surface area contributed by atoms with Crippen LogP contribution in [0.4, 0.5) is 15.8 Å². The molecule has 2 atom stereocenters. The van der Waals surface area contributed by atoms with Crippen molar-refractivity contribution in [1.29, 1.82) is 0 Å². The topological polar surface area (TPSA) is 58.4 Å². The summed E-state index contributed by atoms with van der Waals surface area (Å²) in [5, 5.41) is 14.3. The zero-order valence-corrected chi connectivity index (χ0v) is 10.4. The fourth-order valence-electron chi connectivity index (χ4n) is 2.43. The van der Waals surface area contributed by atoms with E-state index < -0.39 is 10.7 Å². The Bertz CT molecular complexity index is 457. The van der Waals surface area contributed by atoms with Crippen molar-refractivity contribution in [3.8, 4) is 0 Å². The van der Waals surface area contributed by atoms with Crippen LogP contribution in [0.25, 0.3) is 0 Å². The van der Waals surface area contributed by atoms with Gasteiger partial charge < -0.3 is 10.2 Å². The van der Waals surface area contributed by atoms with Crippen LogP contribution in [0.5, 0.6) is 0 Å². The van der Waals surface area contributed by atoms with Crippen LogP contribution in [0.15, 0.2) is 18.2 Å². The Kier molecular flexibility index (Phi) is 3.47. The van der Waals surface area contributed by atoms with Crippen LogP contribution >= 0.6 is 0 Å². The van der Waals surface area contributed by atoms with Crippen molar-refractivity contribution in [2.24, 2.45) is 0 Å². The van der Waals surface area contributed by atoms with Gasteiger partial charge in [0.1, 0.15) is 11.5 Å². The molecule has 1 aromatic carbocycles. The lowest BCUT2D eigenvalue weighted by Gasteiger charge is -2.37. The quantitative estimate of drug-likeness (QED) is 0.646. The Hall–Kier alpha value is -1.69. The van der Waals surface area contributed by atoms with Crippen molar-refractivity contribution in [2.45, 2.75) is 25.9 Å². The molecule has 2 rings (SSSR count). The van der Waals surface area contributed by atoms with Gasteiger partial charge in [0.05, 0.1) is 4.92 Å². The van der Waals surface area contributed by atoms with Gasteiger partial charge in [-0.15, -0.1) is 0 Å². The zero-order valence-electron chi connectivity index (χ0n) is 10.4. The van der Waals surface area contributed by atoms with Crippen molar-refractivity contribution in [3.63, 3.8) is 0 Å². The van der Waals surface area contributed by atoms with E-state index in [1.54, 1.807) is 0 Å². The minimum absolute atomic E-state index is 0.0438. The number of nitrogens with one attached hydrogen (secondary N) is 1. The molecular formula is C12H16FN3O2. The minimum Gasteiger partial charge on any atom is -0.363 e. The van der Waals surface area contributed by atoms with E-state index in [0.29, 0.717) is 18.8 Å². The third-order valence-corrected chi connectivity index (χ3v) is 3.03. The molecule has 0 saturated carbocycles. The molecule has 1 aromatic rings. The first-order chi connectivity index (χ1) is 8.47. The molecule has 0 aromatic heterocycles. The van der Waals surface area contributed by atoms with Crippen molar-refractivity contribution < 1.29 is 9.31 Å². The van der Waals surface area contributed by atoms with E-state index in [2.05, 4.69) is 5.32 Å². The van der Waals surface area contributed by atoms with Gasteiger partial charge in [-0.05, 0) is 19.9 Å². The Balaban J connectivity index is 2.36. The molecule has 0 spiro atoms. The Morgan fingerprint density at radius 1 is 1.39 bits per heavy atom. The summed E-state index contributed by atoms with van der Waals surface area (Å²) in [6, 6.07) is 4.02. The van der Waals surface area contributed by atoms with Crippen LogP contribution in [-0.4, -0.2) is 30.1 Å². The number of hydrogen-bond acceptors (Lipinski definition) is 4. The molecule has 0 bridgehead atoms. The first-order valence-corrected chi connectivity index (χ1v) is 5.92. The lowest BCUT2D eigenvalue weighted by molar-refractivity contribution is -0.384. The number of nitro groups is 1. The molecule has 0 aliphatic carbocycles. The molecule has 1 saturated heterocycles. The summed E-state index contributed by atoms with van der Waals surface area (Å²) in [6.45, 7) is 5.28. The van der Waals surface area contributed by atoms with Crippen LogP contribution < -0.4 is 10.2 Å². The average Bonchev–Trinajstić information content (AvgIpc) is 2.27. The van der Waals surface area contributed by atoms with Crippen LogP contribution in [0, 0.1) is 15.9 Å². The number of nitrogens with zero attached hydrogens (tertiary/aromatic N) is 2. The van der Waals surface area contributed by atoms with Crippen LogP contribution in [-0.2, 0) is 0 Å². The summed E-state index contributed by atoms with van der Waals surface area (Å²) in [5.74, 6) is -0.450. The molecule has 5 nitrogen and oxygen atoms in total. The third kappa shape index (κ3) is 2.59. The molecule has 1 heterocycles. The number of rotatable bonds is 2. The van der Waals surface area contributed by atoms with E-state index in [-0.39, 0.29) is 17.8 Å². The summed E-state index contributed by atoms with van der Waals surface area (Å²) in [6.07, 6.45) is 0. The van der Waals surface area contributed by atoms with Crippen molar-refractivity contribution in [2.75, 3.05) is 18.0 Å². The maximum Gasteiger partial charge on any atom is 0.292 e. The van der Waals surface area contributed by atoms with Crippen molar-refractivity contribution in [3.05, 3.63) is 34.1 Å². The number of anilines is 1. The van der Waals surface area contributed by atoms with Gasteiger partial charge in [-0.1, -0.05) is 0 Å². The number of halogens is 1. The summed E-state index contributed by atoms with van der Waals surface area (Å²) in [7, 11) is 0. The first kappa shape index (κ1) is 12.8. The number of nitro benzene ring substituents is 1. The smallest absolute Gasteiger partial charge is 0.292 e. The molecule has 1 aliphatic rings. The molecule has 0 radical (unpaired) electrons. The van der Waals surface area contributed by atoms with Gasteiger partial charge >= 0.3 is 0 Å². The highest BCUT2D eigenvalue weighted by molar-refractivity contribution is 5.63. The van der Waals surface area contributed by atoms with E-state index >= 15 is 0 Å². The Morgan fingerprint density at radius 3 is 2.56 bits per heavy atom. The molecule has 1 fully saturated rings. The molecular weight excluding hydrogens is 237 g/mol. The predicted molar refractivity (Wildman–Crippen MR) is 67.3 cm³/mol. The van der Waals surface area contributed by atoms with E-state index in [1.807, 2.05) is 18.7 Å². The van der Waals surface area contributed by atoms with Gasteiger partial charge in [-0.2, -0.15) is 0 Å². The Morgan fingerprint density at radius 2 is 2.00 bits per heavy atom. The molecule has 98 valence electrons. The zero-order chi connectivity index (χ0) is 13.3. The number of piperazine rings is 1. The second-order valence-corrected chi connectivity index (χ2v) is 4.76. The summed E-state index contributed by atoms with van der Waals surface area (Å²) in [5.41, 5.74) is 0.318. The second kappa shape index (κ2) is 4.89. The summed E-state index contributed by atoms with van der Waals surface area (Å²) >= 11 is 0. The van der Waals surface area contributed by atoms with E-state index in [9.17, 15) is 14.5 Å². The fraction of sp³-hybridized carbons (Fsp3) is 0.500. The maximum atomic E-state index is 13.3. The second-order valence-electron chi connectivity index (χ2n) is 4.76. The highest BCUT2D eigenvalue weighted by Crippen LogP contribution is 2.30. The first-order valence-electron chi connectivity index (χ1n) is 5.92. The molecule has 1 aliphatic heterocycles. The highest BCUT2D eigenvalue weighted by Gasteiger charge is 2.26. The van der Waals surface area contributed by atoms with Crippen molar-refractivity contribution in [1.82, 2.24) is 5.32 Å². The van der Waals surface area contributed by atoms with Gasteiger partial charge in [0.25, 0.3) is 5.69 Å². The lowest BCUT2D eigenvalue weighted by atomic mass is 10.1. The summed E-state index contributed by atoms with van der Waals surface area (Å²) in [4.78, 5) is 12.4. The van der Waals surface area contributed by atoms with Gasteiger partial charge in [0.15, 0.2) is 0 Å². The molecule has 1 N–H and O–H groups in total. The van der Waals surface area contributed by atoms with Gasteiger partial charge in [0, 0.05) is 37.3 Å². The average molecular weight is 253 g/mol. The largest absolute Gasteiger partial charge is 0.363 e. The standard InChI is InChI=1S/C12H16FN3O2/c1-8-6-15(7-9(2)14-8)12-5-10(13)3-4-11(12)16(17)18/h3-5,8-9,14H,6-7H2,1-2H3. The van der Waals surface area contributed by atoms with E-state index in [4.69, 9.17) is 0 Å². The minimum atomic E-state index is -0.466. The molecule has 0 amide bonds. The molecule has 18 heavy (non-hydrogen) atoms. The van der Waals surface area contributed by atoms with Gasteiger partial charge in [-0.25, -0.2) is 4.39 Å². The van der Waals surface area contributed by atoms with Gasteiger partial charge in [-0.3, -0.25) is 10.1 Å². The lowest BCUT2D eigenvalue weighted by Crippen LogP contribution is -2.54. The SMILES string of the molecule is CC1CN(c2cc(F)ccc2[N+](=O)[O-])CC(C)N1. The fourth-order valence-corrected chi connectivity index (χ4v) is 2.43. The Labute approximate surface area is 105 Å². The number of hydrogen-bond donors (Lipinski definition) is 1. The van der Waals surface area contributed by atoms with Crippen LogP contribution in [0.2, 0.25) is 0 Å². The van der Waals surface area contributed by atoms with Crippen molar-refractivity contribution >= 4 is 11.4 Å². The highest BCUT2D eigenvalue weighted by atomic mass is 19.1. The molecule has 2 unspecified atom stereocenters. The van der Waals surface area contributed by atoms with E-state index in [0.717, 1.165) is 6.07 Å². The van der Waals surface area contributed by atoms with Crippen LogP contribution in [0.3, 0.4) is 0 Å². The normalized spacial score (nSPS) is 24.1.